The van der Waals surface area contributed by atoms with Gasteiger partial charge in [-0.3, -0.25) is 10.2 Å². The number of likely N-dealkylation sites (N-methyl/N-ethyl adjacent to an activating group) is 1. The molecule has 0 saturated carbocycles. The van der Waals surface area contributed by atoms with E-state index in [-0.39, 0.29) is 24.7 Å². The van der Waals surface area contributed by atoms with Crippen molar-refractivity contribution >= 4 is 34.3 Å². The molecule has 1 atom stereocenters. The highest BCUT2D eigenvalue weighted by Crippen LogP contribution is 2.21. The van der Waals surface area contributed by atoms with Crippen LogP contribution in [0.15, 0.2) is 54.7 Å². The number of halogens is 4. The molecule has 0 aliphatic rings. The summed E-state index contributed by atoms with van der Waals surface area (Å²) >= 11 is 6.03. The van der Waals surface area contributed by atoms with Crippen LogP contribution < -0.4 is 10.6 Å². The molecule has 6 nitrogen and oxygen atoms in total. The lowest BCUT2D eigenvalue weighted by molar-refractivity contribution is 0.0994. The molecule has 1 unspecified atom stereocenters. The van der Waals surface area contributed by atoms with Crippen molar-refractivity contribution in [1.82, 2.24) is 15.2 Å². The summed E-state index contributed by atoms with van der Waals surface area (Å²) in [5.41, 5.74) is 0.530. The second-order valence-corrected chi connectivity index (χ2v) is 7.85. The lowest BCUT2D eigenvalue weighted by Crippen LogP contribution is -2.44. The zero-order valence-electron chi connectivity index (χ0n) is 17.9. The summed E-state index contributed by atoms with van der Waals surface area (Å²) in [6.45, 7) is -0.249. The molecule has 0 saturated heterocycles. The van der Waals surface area contributed by atoms with Crippen LogP contribution in [-0.2, 0) is 11.3 Å². The molecule has 176 valence electrons. The Morgan fingerprint density at radius 3 is 2.67 bits per heavy atom. The Morgan fingerprint density at radius 1 is 1.15 bits per heavy atom. The molecular weight excluding hydrogens is 457 g/mol. The number of hydrogen-bond acceptors (Lipinski definition) is 5. The quantitative estimate of drug-likeness (QED) is 0.430. The number of nitrogens with zero attached hydrogens (tertiary/aromatic N) is 2. The second-order valence-electron chi connectivity index (χ2n) is 7.47. The van der Waals surface area contributed by atoms with Gasteiger partial charge in [0, 0.05) is 24.7 Å². The lowest BCUT2D eigenvalue weighted by Gasteiger charge is -2.28. The zero-order valence-corrected chi connectivity index (χ0v) is 18.7. The smallest absolute Gasteiger partial charge is 0.412 e. The number of rotatable bonds is 10. The standard InChI is InChI=1S/C23H24ClF3N4O2/c1-31(13-17-7-4-8-19(25)22(17)24)18(11-28-12-20(26)27)14-33-23(32)30-21-9-15-5-2-3-6-16(15)10-29-21/h2-10,18,20,28H,11-14H2,1H3,(H,29,30,32). The molecule has 0 spiro atoms. The average molecular weight is 481 g/mol. The SMILES string of the molecule is CN(Cc1cccc(F)c1Cl)C(CNCC(F)F)COC(=O)Nc1cc2ccccc2cn1. The third-order valence-electron chi connectivity index (χ3n) is 5.02. The highest BCUT2D eigenvalue weighted by atomic mass is 35.5. The van der Waals surface area contributed by atoms with Crippen LogP contribution in [0.2, 0.25) is 5.02 Å². The maximum Gasteiger partial charge on any atom is 0.412 e. The molecule has 10 heteroatoms. The van der Waals surface area contributed by atoms with Crippen LogP contribution in [0.1, 0.15) is 5.56 Å². The summed E-state index contributed by atoms with van der Waals surface area (Å²) < 4.78 is 44.2. The fourth-order valence-corrected chi connectivity index (χ4v) is 3.42. The minimum atomic E-state index is -2.52. The fraction of sp³-hybridized carbons (Fsp3) is 0.304. The zero-order chi connectivity index (χ0) is 23.8. The fourth-order valence-electron chi connectivity index (χ4n) is 3.23. The third kappa shape index (κ3) is 7.31. The number of amides is 1. The first-order valence-corrected chi connectivity index (χ1v) is 10.6. The Bertz CT molecular complexity index is 1090. The van der Waals surface area contributed by atoms with Gasteiger partial charge in [0.1, 0.15) is 18.2 Å². The van der Waals surface area contributed by atoms with Gasteiger partial charge in [-0.1, -0.05) is 48.0 Å². The predicted molar refractivity (Wildman–Crippen MR) is 122 cm³/mol. The highest BCUT2D eigenvalue weighted by Gasteiger charge is 2.20. The van der Waals surface area contributed by atoms with Gasteiger partial charge in [0.15, 0.2) is 0 Å². The number of aromatic nitrogens is 1. The van der Waals surface area contributed by atoms with E-state index in [0.717, 1.165) is 10.8 Å². The topological polar surface area (TPSA) is 66.5 Å². The summed E-state index contributed by atoms with van der Waals surface area (Å²) in [4.78, 5) is 18.2. The van der Waals surface area contributed by atoms with Gasteiger partial charge in [-0.15, -0.1) is 0 Å². The van der Waals surface area contributed by atoms with Gasteiger partial charge in [-0.25, -0.2) is 22.9 Å². The Labute approximate surface area is 194 Å². The van der Waals surface area contributed by atoms with Gasteiger partial charge >= 0.3 is 6.09 Å². The first-order valence-electron chi connectivity index (χ1n) is 10.2. The number of carbonyl (C=O) groups excluding carboxylic acids is 1. The third-order valence-corrected chi connectivity index (χ3v) is 5.44. The average Bonchev–Trinajstić information content (AvgIpc) is 2.78. The van der Waals surface area contributed by atoms with Crippen molar-refractivity contribution in [2.24, 2.45) is 0 Å². The molecule has 2 N–H and O–H groups in total. The van der Waals surface area contributed by atoms with E-state index in [1.165, 1.54) is 12.1 Å². The van der Waals surface area contributed by atoms with E-state index in [9.17, 15) is 18.0 Å². The first-order chi connectivity index (χ1) is 15.8. The molecule has 0 fully saturated rings. The summed E-state index contributed by atoms with van der Waals surface area (Å²) in [6, 6.07) is 13.3. The van der Waals surface area contributed by atoms with E-state index in [1.807, 2.05) is 24.3 Å². The van der Waals surface area contributed by atoms with Gasteiger partial charge in [0.05, 0.1) is 17.6 Å². The minimum absolute atomic E-state index is 0.00956. The van der Waals surface area contributed by atoms with Crippen LogP contribution >= 0.6 is 11.6 Å². The van der Waals surface area contributed by atoms with E-state index in [4.69, 9.17) is 16.3 Å². The van der Waals surface area contributed by atoms with Crippen molar-refractivity contribution in [1.29, 1.82) is 0 Å². The maximum atomic E-state index is 13.8. The van der Waals surface area contributed by atoms with Crippen molar-refractivity contribution in [3.05, 3.63) is 71.1 Å². The largest absolute Gasteiger partial charge is 0.448 e. The van der Waals surface area contributed by atoms with Gasteiger partial charge in [0.25, 0.3) is 6.43 Å². The molecule has 0 aliphatic carbocycles. The predicted octanol–water partition coefficient (Wildman–Crippen LogP) is 4.93. The number of alkyl halides is 2. The van der Waals surface area contributed by atoms with E-state index >= 15 is 0 Å². The number of benzene rings is 2. The Hall–Kier alpha value is -2.88. The van der Waals surface area contributed by atoms with Crippen molar-refractivity contribution in [2.45, 2.75) is 19.0 Å². The van der Waals surface area contributed by atoms with Crippen LogP contribution in [-0.4, -0.2) is 55.2 Å². The number of pyridine rings is 1. The molecule has 1 amide bonds. The Kier molecular flexibility index (Phi) is 8.87. The van der Waals surface area contributed by atoms with E-state index in [2.05, 4.69) is 15.6 Å². The number of ether oxygens (including phenoxy) is 1. The Morgan fingerprint density at radius 2 is 1.91 bits per heavy atom. The summed E-state index contributed by atoms with van der Waals surface area (Å²) in [6.07, 6.45) is -1.61. The molecule has 1 aromatic heterocycles. The van der Waals surface area contributed by atoms with E-state index < -0.39 is 30.9 Å². The van der Waals surface area contributed by atoms with Crippen LogP contribution in [0.3, 0.4) is 0 Å². The van der Waals surface area contributed by atoms with Gasteiger partial charge in [0.2, 0.25) is 0 Å². The molecule has 3 aromatic rings. The molecule has 0 aliphatic heterocycles. The number of carbonyl (C=O) groups is 1. The van der Waals surface area contributed by atoms with Crippen LogP contribution in [0.5, 0.6) is 0 Å². The molecule has 1 heterocycles. The van der Waals surface area contributed by atoms with Crippen LogP contribution in [0.25, 0.3) is 10.8 Å². The first kappa shape index (κ1) is 24.8. The maximum absolute atomic E-state index is 13.8. The number of fused-ring (bicyclic) bond motifs is 1. The lowest BCUT2D eigenvalue weighted by atomic mass is 10.1. The molecule has 33 heavy (non-hydrogen) atoms. The molecule has 0 radical (unpaired) electrons. The molecule has 2 aromatic carbocycles. The van der Waals surface area contributed by atoms with Crippen molar-refractivity contribution in [3.8, 4) is 0 Å². The van der Waals surface area contributed by atoms with E-state index in [1.54, 1.807) is 30.3 Å². The monoisotopic (exact) mass is 480 g/mol. The van der Waals surface area contributed by atoms with E-state index in [0.29, 0.717) is 11.4 Å². The van der Waals surface area contributed by atoms with Gasteiger partial charge in [-0.05, 0) is 30.1 Å². The minimum Gasteiger partial charge on any atom is -0.448 e. The van der Waals surface area contributed by atoms with Crippen molar-refractivity contribution in [3.63, 3.8) is 0 Å². The van der Waals surface area contributed by atoms with Gasteiger partial charge in [-0.2, -0.15) is 0 Å². The highest BCUT2D eigenvalue weighted by molar-refractivity contribution is 6.31. The summed E-state index contributed by atoms with van der Waals surface area (Å²) in [5.74, 6) is -0.223. The molecular formula is C23H24ClF3N4O2. The number of hydrogen-bond donors (Lipinski definition) is 2. The second kappa shape index (κ2) is 11.8. The van der Waals surface area contributed by atoms with Crippen LogP contribution in [0, 0.1) is 5.82 Å². The normalized spacial score (nSPS) is 12.3. The van der Waals surface area contributed by atoms with Crippen molar-refractivity contribution in [2.75, 3.05) is 32.1 Å². The summed E-state index contributed by atoms with van der Waals surface area (Å²) in [5, 5.41) is 7.04. The van der Waals surface area contributed by atoms with Gasteiger partial charge < -0.3 is 10.1 Å². The summed E-state index contributed by atoms with van der Waals surface area (Å²) in [7, 11) is 1.71. The number of anilines is 1. The molecule has 3 rings (SSSR count). The molecule has 0 bridgehead atoms. The Balaban J connectivity index is 1.61. The van der Waals surface area contributed by atoms with Crippen LogP contribution in [0.4, 0.5) is 23.8 Å². The number of nitrogens with one attached hydrogen (secondary N) is 2. The van der Waals surface area contributed by atoms with Crippen molar-refractivity contribution < 1.29 is 22.7 Å².